The number of halogens is 1. The Kier molecular flexibility index (Phi) is 4.92. The lowest BCUT2D eigenvalue weighted by atomic mass is 10.2. The highest BCUT2D eigenvalue weighted by molar-refractivity contribution is 7.09. The van der Waals surface area contributed by atoms with E-state index in [0.29, 0.717) is 11.6 Å². The van der Waals surface area contributed by atoms with Gasteiger partial charge >= 0.3 is 0 Å². The zero-order valence-corrected chi connectivity index (χ0v) is 14.8. The van der Waals surface area contributed by atoms with Crippen molar-refractivity contribution in [3.63, 3.8) is 0 Å². The summed E-state index contributed by atoms with van der Waals surface area (Å²) in [4.78, 5) is 16.7. The number of nitrogens with one attached hydrogen (secondary N) is 1. The molecule has 0 aliphatic rings. The van der Waals surface area contributed by atoms with Crippen LogP contribution in [0.3, 0.4) is 0 Å². The standard InChI is InChI=1S/C16H16ClN5OS/c1-10(15-9-24-11(2)19-15)18-16(23)14-8-22(21-20-14)7-12-3-5-13(17)6-4-12/h3-6,8-10H,7H2,1-2H3,(H,18,23)/t10-/m1/s1. The molecule has 3 rings (SSSR count). The van der Waals surface area contributed by atoms with Gasteiger partial charge in [0.1, 0.15) is 0 Å². The summed E-state index contributed by atoms with van der Waals surface area (Å²) in [6, 6.07) is 7.29. The fourth-order valence-corrected chi connectivity index (χ4v) is 3.01. The fourth-order valence-electron chi connectivity index (χ4n) is 2.18. The van der Waals surface area contributed by atoms with Crippen molar-refractivity contribution in [2.45, 2.75) is 26.4 Å². The van der Waals surface area contributed by atoms with Crippen molar-refractivity contribution in [1.82, 2.24) is 25.3 Å². The minimum absolute atomic E-state index is 0.177. The predicted molar refractivity (Wildman–Crippen MR) is 93.3 cm³/mol. The van der Waals surface area contributed by atoms with E-state index in [1.807, 2.05) is 43.5 Å². The highest BCUT2D eigenvalue weighted by Crippen LogP contribution is 2.16. The molecule has 3 aromatic rings. The Morgan fingerprint density at radius 3 is 2.79 bits per heavy atom. The third-order valence-corrected chi connectivity index (χ3v) is 4.50. The summed E-state index contributed by atoms with van der Waals surface area (Å²) in [5.74, 6) is -0.268. The lowest BCUT2D eigenvalue weighted by Crippen LogP contribution is -2.27. The summed E-state index contributed by atoms with van der Waals surface area (Å²) in [6.07, 6.45) is 1.63. The Morgan fingerprint density at radius 1 is 1.38 bits per heavy atom. The molecule has 1 atom stereocenters. The van der Waals surface area contributed by atoms with E-state index in [9.17, 15) is 4.79 Å². The third-order valence-electron chi connectivity index (χ3n) is 3.46. The number of carbonyl (C=O) groups is 1. The van der Waals surface area contributed by atoms with E-state index in [-0.39, 0.29) is 17.6 Å². The van der Waals surface area contributed by atoms with Crippen molar-refractivity contribution in [3.8, 4) is 0 Å². The van der Waals surface area contributed by atoms with Gasteiger partial charge in [-0.05, 0) is 31.5 Å². The van der Waals surface area contributed by atoms with Crippen molar-refractivity contribution < 1.29 is 4.79 Å². The summed E-state index contributed by atoms with van der Waals surface area (Å²) in [5.41, 5.74) is 2.16. The molecule has 1 N–H and O–H groups in total. The van der Waals surface area contributed by atoms with E-state index in [4.69, 9.17) is 11.6 Å². The molecule has 0 aliphatic heterocycles. The second-order valence-corrected chi connectivity index (χ2v) is 6.91. The normalized spacial score (nSPS) is 12.1. The second-order valence-electron chi connectivity index (χ2n) is 5.41. The molecule has 124 valence electrons. The van der Waals surface area contributed by atoms with Crippen LogP contribution in [0.4, 0.5) is 0 Å². The maximum atomic E-state index is 12.3. The largest absolute Gasteiger partial charge is 0.342 e. The molecule has 0 spiro atoms. The van der Waals surface area contributed by atoms with Crippen molar-refractivity contribution in [3.05, 3.63) is 62.8 Å². The van der Waals surface area contributed by atoms with E-state index in [0.717, 1.165) is 16.3 Å². The molecular weight excluding hydrogens is 346 g/mol. The van der Waals surface area contributed by atoms with Crippen molar-refractivity contribution >= 4 is 28.8 Å². The molecule has 1 amide bonds. The molecule has 0 unspecified atom stereocenters. The van der Waals surface area contributed by atoms with E-state index >= 15 is 0 Å². The number of thiazole rings is 1. The zero-order chi connectivity index (χ0) is 17.1. The van der Waals surface area contributed by atoms with E-state index < -0.39 is 0 Å². The zero-order valence-electron chi connectivity index (χ0n) is 13.2. The van der Waals surface area contributed by atoms with Gasteiger partial charge in [-0.2, -0.15) is 0 Å². The summed E-state index contributed by atoms with van der Waals surface area (Å²) >= 11 is 7.43. The van der Waals surface area contributed by atoms with Crippen LogP contribution in [0.5, 0.6) is 0 Å². The van der Waals surface area contributed by atoms with E-state index in [2.05, 4.69) is 20.6 Å². The average Bonchev–Trinajstić information content (AvgIpc) is 3.19. The average molecular weight is 362 g/mol. The number of hydrogen-bond acceptors (Lipinski definition) is 5. The van der Waals surface area contributed by atoms with E-state index in [1.54, 1.807) is 22.2 Å². The molecule has 0 saturated carbocycles. The number of aryl methyl sites for hydroxylation is 1. The Balaban J connectivity index is 1.64. The van der Waals surface area contributed by atoms with Gasteiger partial charge in [0.15, 0.2) is 5.69 Å². The number of rotatable bonds is 5. The van der Waals surface area contributed by atoms with Crippen molar-refractivity contribution in [2.75, 3.05) is 0 Å². The molecule has 0 aliphatic carbocycles. The maximum Gasteiger partial charge on any atom is 0.273 e. The van der Waals surface area contributed by atoms with Crippen LogP contribution in [-0.2, 0) is 6.54 Å². The van der Waals surface area contributed by atoms with Gasteiger partial charge in [0.25, 0.3) is 5.91 Å². The molecule has 1 aromatic carbocycles. The summed E-state index contributed by atoms with van der Waals surface area (Å²) < 4.78 is 1.62. The molecule has 0 fully saturated rings. The molecule has 8 heteroatoms. The molecule has 6 nitrogen and oxygen atoms in total. The number of aromatic nitrogens is 4. The number of nitrogens with zero attached hydrogens (tertiary/aromatic N) is 4. The van der Waals surface area contributed by atoms with Gasteiger partial charge in [0.05, 0.1) is 29.5 Å². The summed E-state index contributed by atoms with van der Waals surface area (Å²) in [5, 5.41) is 14.4. The molecule has 2 aromatic heterocycles. The van der Waals surface area contributed by atoms with Crippen LogP contribution in [0.2, 0.25) is 5.02 Å². The quantitative estimate of drug-likeness (QED) is 0.757. The first-order valence-electron chi connectivity index (χ1n) is 7.39. The monoisotopic (exact) mass is 361 g/mol. The lowest BCUT2D eigenvalue weighted by Gasteiger charge is -2.09. The maximum absolute atomic E-state index is 12.3. The summed E-state index contributed by atoms with van der Waals surface area (Å²) in [6.45, 7) is 4.36. The van der Waals surface area contributed by atoms with Crippen LogP contribution in [0.15, 0.2) is 35.8 Å². The Morgan fingerprint density at radius 2 is 2.12 bits per heavy atom. The molecule has 24 heavy (non-hydrogen) atoms. The number of benzene rings is 1. The Hall–Kier alpha value is -2.25. The van der Waals surface area contributed by atoms with Crippen LogP contribution in [0.1, 0.15) is 39.7 Å². The Labute approximate surface area is 148 Å². The van der Waals surface area contributed by atoms with Gasteiger partial charge in [-0.15, -0.1) is 16.4 Å². The third kappa shape index (κ3) is 3.98. The minimum Gasteiger partial charge on any atom is -0.342 e. The molecule has 0 bridgehead atoms. The Bertz CT molecular complexity index is 842. The topological polar surface area (TPSA) is 72.7 Å². The van der Waals surface area contributed by atoms with Gasteiger partial charge in [-0.25, -0.2) is 9.67 Å². The van der Waals surface area contributed by atoms with Crippen molar-refractivity contribution in [2.24, 2.45) is 0 Å². The summed E-state index contributed by atoms with van der Waals surface area (Å²) in [7, 11) is 0. The molecule has 2 heterocycles. The number of amides is 1. The first-order chi connectivity index (χ1) is 11.5. The number of hydrogen-bond donors (Lipinski definition) is 1. The van der Waals surface area contributed by atoms with Crippen LogP contribution in [0, 0.1) is 6.92 Å². The highest BCUT2D eigenvalue weighted by atomic mass is 35.5. The van der Waals surface area contributed by atoms with Crippen LogP contribution in [0.25, 0.3) is 0 Å². The van der Waals surface area contributed by atoms with Gasteiger partial charge in [0, 0.05) is 10.4 Å². The van der Waals surface area contributed by atoms with Gasteiger partial charge in [0.2, 0.25) is 0 Å². The van der Waals surface area contributed by atoms with Crippen molar-refractivity contribution in [1.29, 1.82) is 0 Å². The minimum atomic E-state index is -0.268. The molecule has 0 radical (unpaired) electrons. The van der Waals surface area contributed by atoms with Gasteiger partial charge < -0.3 is 5.32 Å². The lowest BCUT2D eigenvalue weighted by molar-refractivity contribution is 0.0934. The van der Waals surface area contributed by atoms with Crippen LogP contribution >= 0.6 is 22.9 Å². The molecule has 0 saturated heterocycles. The molecular formula is C16H16ClN5OS. The first-order valence-corrected chi connectivity index (χ1v) is 8.64. The van der Waals surface area contributed by atoms with Gasteiger partial charge in [-0.1, -0.05) is 28.9 Å². The SMILES string of the molecule is Cc1nc([C@@H](C)NC(=O)c2cn(Cc3ccc(Cl)cc3)nn2)cs1. The van der Waals surface area contributed by atoms with Crippen LogP contribution in [-0.4, -0.2) is 25.9 Å². The predicted octanol–water partition coefficient (Wildman–Crippen LogP) is 3.24. The first kappa shape index (κ1) is 16.6. The highest BCUT2D eigenvalue weighted by Gasteiger charge is 2.16. The second kappa shape index (κ2) is 7.11. The van der Waals surface area contributed by atoms with Crippen LogP contribution < -0.4 is 5.32 Å². The number of carbonyl (C=O) groups excluding carboxylic acids is 1. The van der Waals surface area contributed by atoms with E-state index in [1.165, 1.54) is 0 Å². The smallest absolute Gasteiger partial charge is 0.273 e. The fraction of sp³-hybridized carbons (Fsp3) is 0.250. The van der Waals surface area contributed by atoms with Gasteiger partial charge in [-0.3, -0.25) is 4.79 Å².